The third kappa shape index (κ3) is 4.29. The summed E-state index contributed by atoms with van der Waals surface area (Å²) in [6.07, 6.45) is 0. The summed E-state index contributed by atoms with van der Waals surface area (Å²) in [7, 11) is 1.53. The van der Waals surface area contributed by atoms with Gasteiger partial charge in [0.2, 0.25) is 17.7 Å². The molecule has 100 valence electrons. The van der Waals surface area contributed by atoms with Crippen molar-refractivity contribution in [3.8, 4) is 5.88 Å². The second-order valence-electron chi connectivity index (χ2n) is 4.07. The van der Waals surface area contributed by atoms with Gasteiger partial charge in [0.15, 0.2) is 0 Å². The Labute approximate surface area is 107 Å². The van der Waals surface area contributed by atoms with Crippen molar-refractivity contribution in [2.24, 2.45) is 5.92 Å². The lowest BCUT2D eigenvalue weighted by Crippen LogP contribution is -2.30. The SMILES string of the molecule is CCNCC(C)C(=O)Nc1nc(C)cc(OC)n1. The fourth-order valence-corrected chi connectivity index (χ4v) is 1.39. The van der Waals surface area contributed by atoms with Crippen LogP contribution in [0.5, 0.6) is 5.88 Å². The van der Waals surface area contributed by atoms with E-state index in [1.807, 2.05) is 20.8 Å². The zero-order valence-corrected chi connectivity index (χ0v) is 11.3. The minimum Gasteiger partial charge on any atom is -0.481 e. The Morgan fingerprint density at radius 1 is 1.50 bits per heavy atom. The highest BCUT2D eigenvalue weighted by Gasteiger charge is 2.14. The number of rotatable bonds is 6. The number of ether oxygens (including phenoxy) is 1. The maximum absolute atomic E-state index is 11.9. The molecule has 1 unspecified atom stereocenters. The monoisotopic (exact) mass is 252 g/mol. The number of anilines is 1. The zero-order valence-electron chi connectivity index (χ0n) is 11.3. The summed E-state index contributed by atoms with van der Waals surface area (Å²) in [6, 6.07) is 1.71. The molecule has 0 aliphatic heterocycles. The molecule has 0 fully saturated rings. The van der Waals surface area contributed by atoms with Gasteiger partial charge in [-0.1, -0.05) is 13.8 Å². The molecule has 1 aromatic heterocycles. The van der Waals surface area contributed by atoms with E-state index in [4.69, 9.17) is 4.74 Å². The number of hydrogen-bond donors (Lipinski definition) is 2. The molecule has 0 saturated carbocycles. The molecule has 2 N–H and O–H groups in total. The lowest BCUT2D eigenvalue weighted by molar-refractivity contribution is -0.119. The van der Waals surface area contributed by atoms with Crippen molar-refractivity contribution in [3.63, 3.8) is 0 Å². The summed E-state index contributed by atoms with van der Waals surface area (Å²) in [5.41, 5.74) is 0.747. The number of aromatic nitrogens is 2. The Hall–Kier alpha value is -1.69. The van der Waals surface area contributed by atoms with Crippen LogP contribution in [0.25, 0.3) is 0 Å². The molecule has 0 radical (unpaired) electrons. The molecule has 1 atom stereocenters. The van der Waals surface area contributed by atoms with E-state index in [0.717, 1.165) is 12.2 Å². The molecule has 6 nitrogen and oxygen atoms in total. The fraction of sp³-hybridized carbons (Fsp3) is 0.583. The topological polar surface area (TPSA) is 76.1 Å². The molecule has 1 amide bonds. The van der Waals surface area contributed by atoms with Gasteiger partial charge < -0.3 is 10.1 Å². The quantitative estimate of drug-likeness (QED) is 0.789. The van der Waals surface area contributed by atoms with Crippen molar-refractivity contribution in [1.29, 1.82) is 0 Å². The van der Waals surface area contributed by atoms with Gasteiger partial charge in [0.25, 0.3) is 0 Å². The second-order valence-corrected chi connectivity index (χ2v) is 4.07. The van der Waals surface area contributed by atoms with E-state index in [-0.39, 0.29) is 17.8 Å². The van der Waals surface area contributed by atoms with Gasteiger partial charge in [0.05, 0.1) is 7.11 Å². The van der Waals surface area contributed by atoms with E-state index < -0.39 is 0 Å². The summed E-state index contributed by atoms with van der Waals surface area (Å²) in [4.78, 5) is 20.1. The van der Waals surface area contributed by atoms with E-state index in [0.29, 0.717) is 12.4 Å². The molecule has 1 heterocycles. The lowest BCUT2D eigenvalue weighted by Gasteiger charge is -2.12. The van der Waals surface area contributed by atoms with Gasteiger partial charge in [0.1, 0.15) is 0 Å². The number of methoxy groups -OCH3 is 1. The third-order valence-corrected chi connectivity index (χ3v) is 2.42. The van der Waals surface area contributed by atoms with Crippen LogP contribution in [-0.2, 0) is 4.79 Å². The van der Waals surface area contributed by atoms with Gasteiger partial charge in [-0.05, 0) is 13.5 Å². The molecule has 18 heavy (non-hydrogen) atoms. The number of hydrogen-bond acceptors (Lipinski definition) is 5. The van der Waals surface area contributed by atoms with Crippen molar-refractivity contribution >= 4 is 11.9 Å². The van der Waals surface area contributed by atoms with Gasteiger partial charge in [-0.15, -0.1) is 0 Å². The fourth-order valence-electron chi connectivity index (χ4n) is 1.39. The van der Waals surface area contributed by atoms with E-state index in [9.17, 15) is 4.79 Å². The first-order chi connectivity index (χ1) is 8.56. The van der Waals surface area contributed by atoms with Gasteiger partial charge in [0, 0.05) is 24.2 Å². The average molecular weight is 252 g/mol. The molecule has 0 aliphatic rings. The van der Waals surface area contributed by atoms with Gasteiger partial charge in [-0.3, -0.25) is 10.1 Å². The van der Waals surface area contributed by atoms with Crippen molar-refractivity contribution in [2.45, 2.75) is 20.8 Å². The van der Waals surface area contributed by atoms with E-state index in [1.165, 1.54) is 7.11 Å². The van der Waals surface area contributed by atoms with Crippen LogP contribution >= 0.6 is 0 Å². The van der Waals surface area contributed by atoms with Crippen molar-refractivity contribution in [2.75, 3.05) is 25.5 Å². The van der Waals surface area contributed by atoms with Crippen LogP contribution < -0.4 is 15.4 Å². The number of nitrogens with zero attached hydrogens (tertiary/aromatic N) is 2. The molecule has 1 rings (SSSR count). The van der Waals surface area contributed by atoms with Gasteiger partial charge >= 0.3 is 0 Å². The second kappa shape index (κ2) is 6.90. The van der Waals surface area contributed by atoms with Crippen LogP contribution in [0.1, 0.15) is 19.5 Å². The highest BCUT2D eigenvalue weighted by molar-refractivity contribution is 5.90. The first-order valence-corrected chi connectivity index (χ1v) is 5.98. The summed E-state index contributed by atoms with van der Waals surface area (Å²) in [5, 5.41) is 5.81. The predicted molar refractivity (Wildman–Crippen MR) is 69.7 cm³/mol. The number of carbonyl (C=O) groups excluding carboxylic acids is 1. The maximum Gasteiger partial charge on any atom is 0.232 e. The Morgan fingerprint density at radius 3 is 2.83 bits per heavy atom. The summed E-state index contributed by atoms with van der Waals surface area (Å²) in [6.45, 7) is 7.14. The van der Waals surface area contributed by atoms with E-state index >= 15 is 0 Å². The Morgan fingerprint density at radius 2 is 2.22 bits per heavy atom. The largest absolute Gasteiger partial charge is 0.481 e. The number of aryl methyl sites for hydroxylation is 1. The van der Waals surface area contributed by atoms with Crippen LogP contribution in [0.15, 0.2) is 6.07 Å². The minimum atomic E-state index is -0.139. The van der Waals surface area contributed by atoms with Gasteiger partial charge in [-0.25, -0.2) is 4.98 Å². The van der Waals surface area contributed by atoms with Crippen molar-refractivity contribution in [1.82, 2.24) is 15.3 Å². The molecule has 0 aromatic carbocycles. The molecular weight excluding hydrogens is 232 g/mol. The molecule has 0 spiro atoms. The maximum atomic E-state index is 11.9. The summed E-state index contributed by atoms with van der Waals surface area (Å²) in [5.74, 6) is 0.473. The Kier molecular flexibility index (Phi) is 5.51. The first kappa shape index (κ1) is 14.4. The molecule has 0 aliphatic carbocycles. The smallest absolute Gasteiger partial charge is 0.232 e. The number of carbonyl (C=O) groups is 1. The predicted octanol–water partition coefficient (Wildman–Crippen LogP) is 0.978. The highest BCUT2D eigenvalue weighted by atomic mass is 16.5. The molecule has 0 saturated heterocycles. The minimum absolute atomic E-state index is 0.108. The number of nitrogens with one attached hydrogen (secondary N) is 2. The third-order valence-electron chi connectivity index (χ3n) is 2.42. The lowest BCUT2D eigenvalue weighted by atomic mass is 10.1. The Bertz CT molecular complexity index is 409. The van der Waals surface area contributed by atoms with Crippen molar-refractivity contribution in [3.05, 3.63) is 11.8 Å². The van der Waals surface area contributed by atoms with Crippen LogP contribution in [0.3, 0.4) is 0 Å². The summed E-state index contributed by atoms with van der Waals surface area (Å²) < 4.78 is 5.03. The van der Waals surface area contributed by atoms with E-state index in [2.05, 4.69) is 20.6 Å². The van der Waals surface area contributed by atoms with Crippen molar-refractivity contribution < 1.29 is 9.53 Å². The number of amides is 1. The van der Waals surface area contributed by atoms with Gasteiger partial charge in [-0.2, -0.15) is 4.98 Å². The standard InChI is InChI=1S/C12H20N4O2/c1-5-13-7-8(2)11(17)16-12-14-9(3)6-10(15-12)18-4/h6,8,13H,5,7H2,1-4H3,(H,14,15,16,17). The Balaban J connectivity index is 2.66. The molecule has 6 heteroatoms. The molecule has 0 bridgehead atoms. The van der Waals surface area contributed by atoms with Crippen LogP contribution in [0.2, 0.25) is 0 Å². The van der Waals surface area contributed by atoms with Crippen LogP contribution in [-0.4, -0.2) is 36.1 Å². The zero-order chi connectivity index (χ0) is 13.5. The highest BCUT2D eigenvalue weighted by Crippen LogP contribution is 2.11. The average Bonchev–Trinajstić information content (AvgIpc) is 2.34. The normalized spacial score (nSPS) is 12.0. The van der Waals surface area contributed by atoms with Crippen LogP contribution in [0.4, 0.5) is 5.95 Å². The van der Waals surface area contributed by atoms with E-state index in [1.54, 1.807) is 6.07 Å². The summed E-state index contributed by atoms with van der Waals surface area (Å²) >= 11 is 0. The molecule has 1 aromatic rings. The molecular formula is C12H20N4O2. The van der Waals surface area contributed by atoms with Crippen LogP contribution in [0, 0.1) is 12.8 Å². The first-order valence-electron chi connectivity index (χ1n) is 5.98.